The van der Waals surface area contributed by atoms with Crippen molar-refractivity contribution in [1.29, 1.82) is 0 Å². The molecule has 0 heterocycles. The van der Waals surface area contributed by atoms with Crippen molar-refractivity contribution in [3.05, 3.63) is 33.8 Å². The number of aliphatic hydroxyl groups excluding tert-OH is 1. The maximum atomic E-state index is 10.4. The lowest BCUT2D eigenvalue weighted by atomic mass is 9.85. The van der Waals surface area contributed by atoms with E-state index in [0.717, 1.165) is 18.4 Å². The largest absolute Gasteiger partial charge is 0.392 e. The van der Waals surface area contributed by atoms with Gasteiger partial charge in [0.1, 0.15) is 0 Å². The lowest BCUT2D eigenvalue weighted by molar-refractivity contribution is 0.0913. The van der Waals surface area contributed by atoms with Crippen molar-refractivity contribution in [3.63, 3.8) is 0 Å². The fourth-order valence-electron chi connectivity index (χ4n) is 2.95. The molecule has 0 amide bonds. The van der Waals surface area contributed by atoms with E-state index in [0.29, 0.717) is 22.4 Å². The Morgan fingerprint density at radius 1 is 1.05 bits per heavy atom. The van der Waals surface area contributed by atoms with Gasteiger partial charge in [0.15, 0.2) is 0 Å². The summed E-state index contributed by atoms with van der Waals surface area (Å²) in [5.74, 6) is 0.423. The van der Waals surface area contributed by atoms with Gasteiger partial charge in [-0.15, -0.1) is 0 Å². The summed E-state index contributed by atoms with van der Waals surface area (Å²) in [6.45, 7) is 0. The molecule has 1 fully saturated rings. The van der Waals surface area contributed by atoms with Crippen LogP contribution in [0, 0.1) is 5.92 Å². The number of hydrogen-bond donors (Lipinski definition) is 1. The minimum atomic E-state index is -0.281. The van der Waals surface area contributed by atoms with Crippen molar-refractivity contribution in [2.45, 2.75) is 57.5 Å². The average Bonchev–Trinajstić information content (AvgIpc) is 2.32. The SMILES string of the molecule is OC(Cc1ccc(Cl)cc1Cl)C1CCCCCCC1. The van der Waals surface area contributed by atoms with Crippen molar-refractivity contribution >= 4 is 23.2 Å². The second kappa shape index (κ2) is 7.52. The second-order valence-electron chi connectivity index (χ2n) is 5.61. The molecule has 0 spiro atoms. The lowest BCUT2D eigenvalue weighted by Crippen LogP contribution is -2.24. The molecule has 106 valence electrons. The van der Waals surface area contributed by atoms with Gasteiger partial charge in [0.2, 0.25) is 0 Å². The molecule has 1 atom stereocenters. The third-order valence-electron chi connectivity index (χ3n) is 4.14. The Labute approximate surface area is 125 Å². The first-order valence-corrected chi connectivity index (χ1v) is 8.04. The average molecular weight is 301 g/mol. The van der Waals surface area contributed by atoms with Crippen LogP contribution in [0.3, 0.4) is 0 Å². The lowest BCUT2D eigenvalue weighted by Gasteiger charge is -2.25. The van der Waals surface area contributed by atoms with Crippen LogP contribution in [0.5, 0.6) is 0 Å². The Bertz CT molecular complexity index is 398. The van der Waals surface area contributed by atoms with Crippen LogP contribution < -0.4 is 0 Å². The van der Waals surface area contributed by atoms with E-state index in [-0.39, 0.29) is 6.10 Å². The highest BCUT2D eigenvalue weighted by atomic mass is 35.5. The maximum Gasteiger partial charge on any atom is 0.0609 e. The van der Waals surface area contributed by atoms with Crippen LogP contribution >= 0.6 is 23.2 Å². The topological polar surface area (TPSA) is 20.2 Å². The molecule has 1 saturated carbocycles. The van der Waals surface area contributed by atoms with Crippen LogP contribution in [0.2, 0.25) is 10.0 Å². The van der Waals surface area contributed by atoms with Crippen LogP contribution in [0.4, 0.5) is 0 Å². The molecule has 2 rings (SSSR count). The summed E-state index contributed by atoms with van der Waals surface area (Å²) in [7, 11) is 0. The Morgan fingerprint density at radius 2 is 1.68 bits per heavy atom. The number of benzene rings is 1. The van der Waals surface area contributed by atoms with Crippen LogP contribution in [0.15, 0.2) is 18.2 Å². The summed E-state index contributed by atoms with van der Waals surface area (Å²) in [5, 5.41) is 11.8. The molecule has 0 aliphatic heterocycles. The summed E-state index contributed by atoms with van der Waals surface area (Å²) in [6, 6.07) is 5.52. The van der Waals surface area contributed by atoms with Gasteiger partial charge in [0, 0.05) is 16.5 Å². The van der Waals surface area contributed by atoms with E-state index < -0.39 is 0 Å². The van der Waals surface area contributed by atoms with Crippen LogP contribution in [0.25, 0.3) is 0 Å². The fourth-order valence-corrected chi connectivity index (χ4v) is 3.44. The van der Waals surface area contributed by atoms with E-state index in [9.17, 15) is 5.11 Å². The molecule has 1 N–H and O–H groups in total. The molecule has 1 aromatic rings. The smallest absolute Gasteiger partial charge is 0.0609 e. The van der Waals surface area contributed by atoms with Gasteiger partial charge in [-0.3, -0.25) is 0 Å². The van der Waals surface area contributed by atoms with Crippen LogP contribution in [-0.2, 0) is 6.42 Å². The van der Waals surface area contributed by atoms with Gasteiger partial charge in [-0.2, -0.15) is 0 Å². The monoisotopic (exact) mass is 300 g/mol. The minimum absolute atomic E-state index is 0.281. The maximum absolute atomic E-state index is 10.4. The molecule has 0 bridgehead atoms. The molecule has 0 radical (unpaired) electrons. The highest BCUT2D eigenvalue weighted by molar-refractivity contribution is 6.35. The predicted molar refractivity (Wildman–Crippen MR) is 82.0 cm³/mol. The quantitative estimate of drug-likeness (QED) is 0.807. The van der Waals surface area contributed by atoms with Crippen molar-refractivity contribution in [2.24, 2.45) is 5.92 Å². The molecule has 1 unspecified atom stereocenters. The third kappa shape index (κ3) is 4.66. The van der Waals surface area contributed by atoms with Crippen molar-refractivity contribution in [2.75, 3.05) is 0 Å². The second-order valence-corrected chi connectivity index (χ2v) is 6.46. The van der Waals surface area contributed by atoms with Crippen LogP contribution in [-0.4, -0.2) is 11.2 Å². The van der Waals surface area contributed by atoms with Gasteiger partial charge in [0.05, 0.1) is 6.10 Å². The fraction of sp³-hybridized carbons (Fsp3) is 0.625. The zero-order valence-electron chi connectivity index (χ0n) is 11.2. The van der Waals surface area contributed by atoms with Crippen molar-refractivity contribution < 1.29 is 5.11 Å². The van der Waals surface area contributed by atoms with E-state index in [1.54, 1.807) is 6.07 Å². The molecular weight excluding hydrogens is 279 g/mol. The van der Waals surface area contributed by atoms with Crippen molar-refractivity contribution in [1.82, 2.24) is 0 Å². The molecule has 1 aromatic carbocycles. The number of aliphatic hydroxyl groups is 1. The van der Waals surface area contributed by atoms with E-state index in [2.05, 4.69) is 0 Å². The van der Waals surface area contributed by atoms with Gasteiger partial charge in [0.25, 0.3) is 0 Å². The molecule has 1 aliphatic rings. The summed E-state index contributed by atoms with van der Waals surface area (Å²) < 4.78 is 0. The summed E-state index contributed by atoms with van der Waals surface area (Å²) in [4.78, 5) is 0. The molecule has 1 aliphatic carbocycles. The van der Waals surface area contributed by atoms with Crippen molar-refractivity contribution in [3.8, 4) is 0 Å². The highest BCUT2D eigenvalue weighted by Crippen LogP contribution is 2.29. The zero-order chi connectivity index (χ0) is 13.7. The highest BCUT2D eigenvalue weighted by Gasteiger charge is 2.21. The number of halogens is 2. The van der Waals surface area contributed by atoms with E-state index in [1.807, 2.05) is 12.1 Å². The molecule has 3 heteroatoms. The Balaban J connectivity index is 1.96. The van der Waals surface area contributed by atoms with Gasteiger partial charge in [-0.25, -0.2) is 0 Å². The summed E-state index contributed by atoms with van der Waals surface area (Å²) in [6.07, 6.45) is 9.12. The molecule has 1 nitrogen and oxygen atoms in total. The Kier molecular flexibility index (Phi) is 6.00. The number of rotatable bonds is 3. The molecule has 0 saturated heterocycles. The van der Waals surface area contributed by atoms with Gasteiger partial charge < -0.3 is 5.11 Å². The Hall–Kier alpha value is -0.240. The molecular formula is C16H22Cl2O. The molecule has 0 aromatic heterocycles. The van der Waals surface area contributed by atoms with E-state index in [1.165, 1.54) is 32.1 Å². The van der Waals surface area contributed by atoms with Gasteiger partial charge in [-0.1, -0.05) is 61.4 Å². The third-order valence-corrected chi connectivity index (χ3v) is 4.73. The molecule has 19 heavy (non-hydrogen) atoms. The first-order valence-electron chi connectivity index (χ1n) is 7.29. The zero-order valence-corrected chi connectivity index (χ0v) is 12.8. The van der Waals surface area contributed by atoms with Crippen LogP contribution in [0.1, 0.15) is 50.5 Å². The summed E-state index contributed by atoms with van der Waals surface area (Å²) in [5.41, 5.74) is 1.00. The van der Waals surface area contributed by atoms with E-state index >= 15 is 0 Å². The predicted octanol–water partition coefficient (Wildman–Crippen LogP) is 5.26. The normalized spacial score (nSPS) is 19.7. The van der Waals surface area contributed by atoms with Gasteiger partial charge in [-0.05, 0) is 36.5 Å². The standard InChI is InChI=1S/C16H22Cl2O/c17-14-9-8-13(15(18)11-14)10-16(19)12-6-4-2-1-3-5-7-12/h8-9,11-12,16,19H,1-7,10H2. The Morgan fingerprint density at radius 3 is 2.32 bits per heavy atom. The number of hydrogen-bond acceptors (Lipinski definition) is 1. The summed E-state index contributed by atoms with van der Waals surface area (Å²) >= 11 is 12.1. The van der Waals surface area contributed by atoms with Gasteiger partial charge >= 0.3 is 0 Å². The first kappa shape index (κ1) is 15.2. The van der Waals surface area contributed by atoms with E-state index in [4.69, 9.17) is 23.2 Å². The minimum Gasteiger partial charge on any atom is -0.392 e. The first-order chi connectivity index (χ1) is 9.16.